The molecular weight excluding hydrogens is 174 g/mol. The van der Waals surface area contributed by atoms with Crippen LogP contribution in [0.4, 0.5) is 0 Å². The molecule has 2 rings (SSSR count). The second-order valence-electron chi connectivity index (χ2n) is 4.23. The number of aryl methyl sites for hydroxylation is 1. The van der Waals surface area contributed by atoms with E-state index < -0.39 is 0 Å². The van der Waals surface area contributed by atoms with E-state index in [9.17, 15) is 0 Å². The Morgan fingerprint density at radius 2 is 2.21 bits per heavy atom. The van der Waals surface area contributed by atoms with Crippen molar-refractivity contribution in [1.29, 1.82) is 0 Å². The molecule has 1 atom stereocenters. The molecular formula is C12H17NO. The highest BCUT2D eigenvalue weighted by atomic mass is 16.5. The van der Waals surface area contributed by atoms with E-state index in [1.54, 1.807) is 0 Å². The number of hydrogen-bond donors (Lipinski definition) is 1. The highest BCUT2D eigenvalue weighted by Crippen LogP contribution is 2.32. The fraction of sp³-hybridized carbons (Fsp3) is 0.500. The number of nitrogens with one attached hydrogen (secondary N) is 1. The van der Waals surface area contributed by atoms with Crippen molar-refractivity contribution in [2.75, 3.05) is 6.61 Å². The maximum Gasteiger partial charge on any atom is 0.124 e. The van der Waals surface area contributed by atoms with Crippen molar-refractivity contribution in [3.8, 4) is 5.75 Å². The van der Waals surface area contributed by atoms with Gasteiger partial charge in [-0.15, -0.1) is 0 Å². The molecule has 0 fully saturated rings. The SMILES string of the molecule is Cc1ccc2c(c1)OCC2NC(C)C. The Balaban J connectivity index is 2.22. The molecule has 1 heterocycles. The van der Waals surface area contributed by atoms with E-state index in [-0.39, 0.29) is 0 Å². The van der Waals surface area contributed by atoms with Crippen molar-refractivity contribution < 1.29 is 4.74 Å². The third kappa shape index (κ3) is 1.75. The third-order valence-corrected chi connectivity index (χ3v) is 2.48. The topological polar surface area (TPSA) is 21.3 Å². The van der Waals surface area contributed by atoms with Gasteiger partial charge in [0.2, 0.25) is 0 Å². The minimum atomic E-state index is 0.366. The second kappa shape index (κ2) is 3.62. The number of rotatable bonds is 2. The zero-order chi connectivity index (χ0) is 10.1. The van der Waals surface area contributed by atoms with Crippen LogP contribution in [0.2, 0.25) is 0 Å². The van der Waals surface area contributed by atoms with E-state index in [1.807, 2.05) is 0 Å². The second-order valence-corrected chi connectivity index (χ2v) is 4.23. The summed E-state index contributed by atoms with van der Waals surface area (Å²) in [6.07, 6.45) is 0. The molecule has 1 aromatic carbocycles. The molecule has 0 saturated carbocycles. The molecule has 14 heavy (non-hydrogen) atoms. The first-order chi connectivity index (χ1) is 6.66. The summed E-state index contributed by atoms with van der Waals surface area (Å²) in [5, 5.41) is 3.49. The predicted octanol–water partition coefficient (Wildman–Crippen LogP) is 2.43. The molecule has 0 aliphatic carbocycles. The van der Waals surface area contributed by atoms with E-state index in [2.05, 4.69) is 44.3 Å². The number of ether oxygens (including phenoxy) is 1. The lowest BCUT2D eigenvalue weighted by molar-refractivity contribution is 0.303. The molecule has 0 radical (unpaired) electrons. The summed E-state index contributed by atoms with van der Waals surface area (Å²) < 4.78 is 5.63. The van der Waals surface area contributed by atoms with Crippen molar-refractivity contribution in [2.24, 2.45) is 0 Å². The van der Waals surface area contributed by atoms with Crippen LogP contribution in [0.15, 0.2) is 18.2 Å². The van der Waals surface area contributed by atoms with Crippen LogP contribution in [-0.4, -0.2) is 12.6 Å². The summed E-state index contributed by atoms with van der Waals surface area (Å²) in [4.78, 5) is 0. The van der Waals surface area contributed by atoms with Crippen molar-refractivity contribution in [3.63, 3.8) is 0 Å². The van der Waals surface area contributed by atoms with Gasteiger partial charge in [-0.2, -0.15) is 0 Å². The Labute approximate surface area is 85.3 Å². The summed E-state index contributed by atoms with van der Waals surface area (Å²) >= 11 is 0. The van der Waals surface area contributed by atoms with Crippen molar-refractivity contribution >= 4 is 0 Å². The van der Waals surface area contributed by atoms with Gasteiger partial charge in [-0.05, 0) is 18.6 Å². The van der Waals surface area contributed by atoms with Gasteiger partial charge in [-0.1, -0.05) is 26.0 Å². The van der Waals surface area contributed by atoms with E-state index in [0.717, 1.165) is 12.4 Å². The maximum absolute atomic E-state index is 5.63. The Bertz CT molecular complexity index is 333. The van der Waals surface area contributed by atoms with Crippen LogP contribution in [0, 0.1) is 6.92 Å². The largest absolute Gasteiger partial charge is 0.491 e. The first-order valence-corrected chi connectivity index (χ1v) is 5.16. The molecule has 1 N–H and O–H groups in total. The maximum atomic E-state index is 5.63. The first-order valence-electron chi connectivity index (χ1n) is 5.16. The molecule has 2 nitrogen and oxygen atoms in total. The molecule has 0 bridgehead atoms. The number of hydrogen-bond acceptors (Lipinski definition) is 2. The molecule has 2 heteroatoms. The minimum absolute atomic E-state index is 0.366. The monoisotopic (exact) mass is 191 g/mol. The van der Waals surface area contributed by atoms with Crippen LogP contribution in [0.25, 0.3) is 0 Å². The highest BCUT2D eigenvalue weighted by Gasteiger charge is 2.23. The Morgan fingerprint density at radius 3 is 2.93 bits per heavy atom. The lowest BCUT2D eigenvalue weighted by atomic mass is 10.1. The first kappa shape index (κ1) is 9.53. The van der Waals surface area contributed by atoms with Crippen molar-refractivity contribution in [2.45, 2.75) is 32.9 Å². The minimum Gasteiger partial charge on any atom is -0.491 e. The average molecular weight is 191 g/mol. The number of benzene rings is 1. The van der Waals surface area contributed by atoms with Gasteiger partial charge in [-0.25, -0.2) is 0 Å². The molecule has 1 aliphatic heterocycles. The van der Waals surface area contributed by atoms with Crippen LogP contribution < -0.4 is 10.1 Å². The van der Waals surface area contributed by atoms with Crippen molar-refractivity contribution in [3.05, 3.63) is 29.3 Å². The summed E-state index contributed by atoms with van der Waals surface area (Å²) in [6.45, 7) is 7.17. The smallest absolute Gasteiger partial charge is 0.124 e. The summed E-state index contributed by atoms with van der Waals surface area (Å²) in [7, 11) is 0. The molecule has 1 aliphatic rings. The zero-order valence-electron chi connectivity index (χ0n) is 9.00. The average Bonchev–Trinajstić information content (AvgIpc) is 2.47. The zero-order valence-corrected chi connectivity index (χ0v) is 9.00. The van der Waals surface area contributed by atoms with Gasteiger partial charge in [0, 0.05) is 11.6 Å². The van der Waals surface area contributed by atoms with Gasteiger partial charge >= 0.3 is 0 Å². The predicted molar refractivity (Wildman–Crippen MR) is 57.7 cm³/mol. The third-order valence-electron chi connectivity index (χ3n) is 2.48. The Kier molecular flexibility index (Phi) is 2.46. The fourth-order valence-corrected chi connectivity index (χ4v) is 1.86. The number of fused-ring (bicyclic) bond motifs is 1. The van der Waals surface area contributed by atoms with Crippen LogP contribution in [0.5, 0.6) is 5.75 Å². The lowest BCUT2D eigenvalue weighted by Crippen LogP contribution is -2.28. The molecule has 1 aromatic rings. The van der Waals surface area contributed by atoms with Gasteiger partial charge < -0.3 is 10.1 Å². The molecule has 0 saturated heterocycles. The summed E-state index contributed by atoms with van der Waals surface area (Å²) in [6, 6.07) is 7.28. The Morgan fingerprint density at radius 1 is 1.43 bits per heavy atom. The van der Waals surface area contributed by atoms with Crippen LogP contribution in [0.1, 0.15) is 31.0 Å². The van der Waals surface area contributed by atoms with E-state index >= 15 is 0 Å². The van der Waals surface area contributed by atoms with Gasteiger partial charge in [0.1, 0.15) is 12.4 Å². The lowest BCUT2D eigenvalue weighted by Gasteiger charge is -2.14. The highest BCUT2D eigenvalue weighted by molar-refractivity contribution is 5.42. The van der Waals surface area contributed by atoms with E-state index in [4.69, 9.17) is 4.74 Å². The molecule has 0 spiro atoms. The normalized spacial score (nSPS) is 19.6. The van der Waals surface area contributed by atoms with Crippen molar-refractivity contribution in [1.82, 2.24) is 5.32 Å². The molecule has 76 valence electrons. The summed E-state index contributed by atoms with van der Waals surface area (Å²) in [5.41, 5.74) is 2.55. The van der Waals surface area contributed by atoms with Crippen LogP contribution in [0.3, 0.4) is 0 Å². The van der Waals surface area contributed by atoms with E-state index in [1.165, 1.54) is 11.1 Å². The molecule has 0 amide bonds. The van der Waals surface area contributed by atoms with Crippen LogP contribution in [-0.2, 0) is 0 Å². The van der Waals surface area contributed by atoms with Gasteiger partial charge in [0.15, 0.2) is 0 Å². The summed E-state index contributed by atoms with van der Waals surface area (Å²) in [5.74, 6) is 1.04. The van der Waals surface area contributed by atoms with Crippen LogP contribution >= 0.6 is 0 Å². The molecule has 1 unspecified atom stereocenters. The molecule has 0 aromatic heterocycles. The van der Waals surface area contributed by atoms with E-state index in [0.29, 0.717) is 12.1 Å². The standard InChI is InChI=1S/C12H17NO/c1-8(2)13-11-7-14-12-6-9(3)4-5-10(11)12/h4-6,8,11,13H,7H2,1-3H3. The fourth-order valence-electron chi connectivity index (χ4n) is 1.86. The van der Waals surface area contributed by atoms with Gasteiger partial charge in [-0.3, -0.25) is 0 Å². The Hall–Kier alpha value is -1.02. The quantitative estimate of drug-likeness (QED) is 0.775. The van der Waals surface area contributed by atoms with Gasteiger partial charge in [0.05, 0.1) is 6.04 Å². The van der Waals surface area contributed by atoms with Gasteiger partial charge in [0.25, 0.3) is 0 Å².